The molecule has 1 atom stereocenters. The molecule has 152 valence electrons. The summed E-state index contributed by atoms with van der Waals surface area (Å²) in [7, 11) is -1.75. The molecule has 2 amide bonds. The van der Waals surface area contributed by atoms with Crippen molar-refractivity contribution in [3.8, 4) is 10.7 Å². The highest BCUT2D eigenvalue weighted by Gasteiger charge is 2.23. The van der Waals surface area contributed by atoms with E-state index in [1.165, 1.54) is 29.5 Å². The molecule has 1 aliphatic heterocycles. The zero-order chi connectivity index (χ0) is 20.5. The molecule has 2 N–H and O–H groups in total. The highest BCUT2D eigenvalue weighted by Crippen LogP contribution is 2.30. The van der Waals surface area contributed by atoms with Gasteiger partial charge in [-0.1, -0.05) is 11.3 Å². The Bertz CT molecular complexity index is 977. The van der Waals surface area contributed by atoms with E-state index in [-0.39, 0.29) is 11.8 Å². The van der Waals surface area contributed by atoms with Gasteiger partial charge >= 0.3 is 6.03 Å². The minimum atomic E-state index is -3.27. The molecule has 0 saturated carbocycles. The highest BCUT2D eigenvalue weighted by atomic mass is 32.2. The third-order valence-corrected chi connectivity index (χ3v) is 6.06. The topological polar surface area (TPSA) is 132 Å². The second-order valence-electron chi connectivity index (χ2n) is 6.63. The minimum absolute atomic E-state index is 0.0978. The van der Waals surface area contributed by atoms with Crippen LogP contribution in [-0.4, -0.2) is 68.5 Å². The smallest absolute Gasteiger partial charge is 0.320 e. The van der Waals surface area contributed by atoms with E-state index in [1.54, 1.807) is 12.3 Å². The maximum Gasteiger partial charge on any atom is 0.320 e. The van der Waals surface area contributed by atoms with Crippen molar-refractivity contribution in [2.75, 3.05) is 42.9 Å². The van der Waals surface area contributed by atoms with Crippen LogP contribution >= 0.6 is 11.3 Å². The van der Waals surface area contributed by atoms with E-state index in [0.717, 1.165) is 0 Å². The van der Waals surface area contributed by atoms with Gasteiger partial charge in [0.2, 0.25) is 0 Å². The Hall–Kier alpha value is -2.31. The van der Waals surface area contributed by atoms with Gasteiger partial charge in [0.1, 0.15) is 5.82 Å². The summed E-state index contributed by atoms with van der Waals surface area (Å²) < 4.78 is 29.1. The highest BCUT2D eigenvalue weighted by molar-refractivity contribution is 7.89. The number of nitrogens with zero attached hydrogens (tertiary/aromatic N) is 5. The number of primary amides is 1. The number of nitrogens with two attached hydrogens (primary N) is 1. The monoisotopic (exact) mass is 426 g/mol. The zero-order valence-corrected chi connectivity index (χ0v) is 17.5. The summed E-state index contributed by atoms with van der Waals surface area (Å²) in [6.45, 7) is 3.80. The van der Waals surface area contributed by atoms with Gasteiger partial charge in [-0.05, 0) is 6.92 Å². The molecule has 0 bridgehead atoms. The lowest BCUT2D eigenvalue weighted by Gasteiger charge is -2.34. The number of carbonyl (C=O) groups excluding carboxylic acids is 1. The first kappa shape index (κ1) is 20.4. The number of hydrogen-bond donors (Lipinski definition) is 1. The summed E-state index contributed by atoms with van der Waals surface area (Å²) in [6.07, 6.45) is 2.71. The molecule has 3 rings (SSSR count). The van der Waals surface area contributed by atoms with Crippen LogP contribution in [0.2, 0.25) is 0 Å². The molecule has 1 fully saturated rings. The lowest BCUT2D eigenvalue weighted by molar-refractivity contribution is 0.0985. The molecule has 2 aromatic rings. The second-order valence-corrected chi connectivity index (χ2v) is 9.78. The summed E-state index contributed by atoms with van der Waals surface area (Å²) >= 11 is 1.20. The van der Waals surface area contributed by atoms with Gasteiger partial charge in [-0.15, -0.1) is 0 Å². The molecule has 0 radical (unpaired) electrons. The third-order valence-electron chi connectivity index (χ3n) is 4.17. The number of urea groups is 1. The fourth-order valence-electron chi connectivity index (χ4n) is 2.77. The normalized spacial score (nSPS) is 17.5. The van der Waals surface area contributed by atoms with Gasteiger partial charge in [0.05, 0.1) is 41.8 Å². The Morgan fingerprint density at radius 3 is 2.86 bits per heavy atom. The molecular weight excluding hydrogens is 404 g/mol. The molecule has 0 aliphatic carbocycles. The number of anilines is 2. The number of morpholine rings is 1. The van der Waals surface area contributed by atoms with Crippen LogP contribution in [0.15, 0.2) is 12.3 Å². The number of aromatic nitrogens is 3. The molecule has 0 aromatic carbocycles. The van der Waals surface area contributed by atoms with Crippen molar-refractivity contribution in [3.63, 3.8) is 0 Å². The molecule has 1 saturated heterocycles. The standard InChI is InChI=1S/C16H22N6O4S2/c1-10-8-26-5-4-22(10)13-6-11(9-28(3,24)25)19-14(20-13)12-7-18-16(27-12)21(2)15(17)23/h6-7,10H,4-5,8-9H2,1-3H3,(H2,17,23)/t10-/m0/s1. The SMILES string of the molecule is C[C@H]1COCCN1c1cc(CS(C)(=O)=O)nc(-c2cnc(N(C)C(N)=O)s2)n1. The first-order valence-electron chi connectivity index (χ1n) is 8.53. The van der Waals surface area contributed by atoms with Crippen LogP contribution in [0.5, 0.6) is 0 Å². The Morgan fingerprint density at radius 1 is 1.46 bits per heavy atom. The average molecular weight is 427 g/mol. The van der Waals surface area contributed by atoms with E-state index in [1.807, 2.05) is 6.92 Å². The number of ether oxygens (including phenoxy) is 1. The predicted molar refractivity (Wildman–Crippen MR) is 107 cm³/mol. The Balaban J connectivity index is 2.03. The van der Waals surface area contributed by atoms with Crippen LogP contribution < -0.4 is 15.5 Å². The first-order valence-corrected chi connectivity index (χ1v) is 11.4. The van der Waals surface area contributed by atoms with E-state index < -0.39 is 15.9 Å². The van der Waals surface area contributed by atoms with Crippen molar-refractivity contribution in [1.82, 2.24) is 15.0 Å². The van der Waals surface area contributed by atoms with Gasteiger partial charge in [-0.25, -0.2) is 28.2 Å². The van der Waals surface area contributed by atoms with E-state index in [9.17, 15) is 13.2 Å². The summed E-state index contributed by atoms with van der Waals surface area (Å²) in [5, 5.41) is 0.404. The number of amides is 2. The van der Waals surface area contributed by atoms with Crippen LogP contribution in [0.25, 0.3) is 10.7 Å². The minimum Gasteiger partial charge on any atom is -0.377 e. The van der Waals surface area contributed by atoms with Crippen molar-refractivity contribution in [2.45, 2.75) is 18.7 Å². The van der Waals surface area contributed by atoms with Gasteiger partial charge < -0.3 is 15.4 Å². The average Bonchev–Trinajstić information content (AvgIpc) is 3.09. The molecule has 10 nitrogen and oxygen atoms in total. The Morgan fingerprint density at radius 2 is 2.21 bits per heavy atom. The van der Waals surface area contributed by atoms with Crippen molar-refractivity contribution < 1.29 is 17.9 Å². The van der Waals surface area contributed by atoms with Crippen molar-refractivity contribution in [3.05, 3.63) is 18.0 Å². The predicted octanol–water partition coefficient (Wildman–Crippen LogP) is 0.885. The molecule has 12 heteroatoms. The number of sulfone groups is 1. The van der Waals surface area contributed by atoms with E-state index in [4.69, 9.17) is 10.5 Å². The van der Waals surface area contributed by atoms with Crippen LogP contribution in [0.1, 0.15) is 12.6 Å². The summed E-state index contributed by atoms with van der Waals surface area (Å²) in [5.74, 6) is 0.801. The Labute approximate surface area is 167 Å². The number of thiazole rings is 1. The first-order chi connectivity index (χ1) is 13.1. The van der Waals surface area contributed by atoms with Crippen LogP contribution in [0.3, 0.4) is 0 Å². The number of carbonyl (C=O) groups is 1. The fraction of sp³-hybridized carbons (Fsp3) is 0.500. The molecule has 3 heterocycles. The van der Waals surface area contributed by atoms with Crippen LogP contribution in [0.4, 0.5) is 15.7 Å². The maximum absolute atomic E-state index is 11.8. The summed E-state index contributed by atoms with van der Waals surface area (Å²) in [6, 6.07) is 1.17. The molecule has 2 aromatic heterocycles. The van der Waals surface area contributed by atoms with Gasteiger partial charge in [0, 0.05) is 25.9 Å². The second kappa shape index (κ2) is 7.97. The number of hydrogen-bond acceptors (Lipinski definition) is 9. The van der Waals surface area contributed by atoms with Gasteiger partial charge in [-0.3, -0.25) is 4.90 Å². The quantitative estimate of drug-likeness (QED) is 0.745. The fourth-order valence-corrected chi connectivity index (χ4v) is 4.27. The largest absolute Gasteiger partial charge is 0.377 e. The molecule has 1 aliphatic rings. The van der Waals surface area contributed by atoms with E-state index >= 15 is 0 Å². The van der Waals surface area contributed by atoms with Crippen molar-refractivity contribution >= 4 is 38.2 Å². The van der Waals surface area contributed by atoms with Gasteiger partial charge in [0.15, 0.2) is 20.8 Å². The van der Waals surface area contributed by atoms with Crippen molar-refractivity contribution in [1.29, 1.82) is 0 Å². The van der Waals surface area contributed by atoms with Gasteiger partial charge in [-0.2, -0.15) is 0 Å². The lowest BCUT2D eigenvalue weighted by atomic mass is 10.2. The molecule has 28 heavy (non-hydrogen) atoms. The van der Waals surface area contributed by atoms with Crippen LogP contribution in [-0.2, 0) is 20.3 Å². The third kappa shape index (κ3) is 4.75. The summed E-state index contributed by atoms with van der Waals surface area (Å²) in [4.78, 5) is 28.5. The number of rotatable bonds is 5. The molecule has 0 spiro atoms. The molecule has 0 unspecified atom stereocenters. The zero-order valence-electron chi connectivity index (χ0n) is 15.8. The maximum atomic E-state index is 11.8. The lowest BCUT2D eigenvalue weighted by Crippen LogP contribution is -2.44. The molecular formula is C16H22N6O4S2. The van der Waals surface area contributed by atoms with Crippen LogP contribution in [0, 0.1) is 0 Å². The Kier molecular flexibility index (Phi) is 5.82. The van der Waals surface area contributed by atoms with Gasteiger partial charge in [0.25, 0.3) is 0 Å². The van der Waals surface area contributed by atoms with E-state index in [0.29, 0.717) is 47.1 Å². The van der Waals surface area contributed by atoms with Crippen molar-refractivity contribution in [2.24, 2.45) is 5.73 Å². The van der Waals surface area contributed by atoms with E-state index in [2.05, 4.69) is 19.9 Å². The summed E-state index contributed by atoms with van der Waals surface area (Å²) in [5.41, 5.74) is 5.69.